The molecule has 1 fully saturated rings. The molecule has 3 rings (SSSR count). The standard InChI is InChI=1S/C30H31ClF5N3O/c1-4-5-10-27(37-18-19(2)3)29(17-20-11-12-23(32)16-26(20)31,39-28(40)38-25-8-6-7-9-25)21-13-22(30(34,35)36)15-24(33)14-21/h4-5,10-16,18,25H,2,6-9,17H2,1,3H3,(H2,38,39,40)/b5-4+,27-10-,37-18?/t29-/m1/s1. The molecule has 1 saturated carbocycles. The van der Waals surface area contributed by atoms with Crippen LogP contribution in [0, 0.1) is 11.6 Å². The number of carbonyl (C=O) groups is 1. The molecule has 0 spiro atoms. The Bertz CT molecular complexity index is 1330. The number of hydrogen-bond donors (Lipinski definition) is 2. The monoisotopic (exact) mass is 579 g/mol. The van der Waals surface area contributed by atoms with Crippen LogP contribution in [0.25, 0.3) is 0 Å². The molecule has 2 aromatic rings. The maximum Gasteiger partial charge on any atom is 0.416 e. The summed E-state index contributed by atoms with van der Waals surface area (Å²) in [5.41, 5.74) is -2.46. The number of aliphatic imine (C=N–C) groups is 1. The van der Waals surface area contributed by atoms with E-state index in [9.17, 15) is 26.7 Å². The highest BCUT2D eigenvalue weighted by Crippen LogP contribution is 2.40. The Balaban J connectivity index is 2.35. The molecule has 0 heterocycles. The van der Waals surface area contributed by atoms with Crippen LogP contribution in [0.15, 0.2) is 77.5 Å². The third-order valence-electron chi connectivity index (χ3n) is 6.51. The van der Waals surface area contributed by atoms with Crippen molar-refractivity contribution < 1.29 is 26.7 Å². The van der Waals surface area contributed by atoms with Crippen molar-refractivity contribution in [2.45, 2.75) is 63.7 Å². The van der Waals surface area contributed by atoms with Crippen molar-refractivity contribution in [1.82, 2.24) is 10.6 Å². The lowest BCUT2D eigenvalue weighted by atomic mass is 9.79. The summed E-state index contributed by atoms with van der Waals surface area (Å²) < 4.78 is 70.4. The zero-order valence-corrected chi connectivity index (χ0v) is 23.0. The van der Waals surface area contributed by atoms with Crippen molar-refractivity contribution in [3.8, 4) is 0 Å². The molecule has 1 atom stereocenters. The minimum absolute atomic E-state index is 0.0240. The molecule has 0 radical (unpaired) electrons. The third kappa shape index (κ3) is 8.03. The average Bonchev–Trinajstić information content (AvgIpc) is 3.37. The Kier molecular flexibility index (Phi) is 10.3. The van der Waals surface area contributed by atoms with E-state index >= 15 is 0 Å². The van der Waals surface area contributed by atoms with Crippen LogP contribution < -0.4 is 10.6 Å². The van der Waals surface area contributed by atoms with Crippen molar-refractivity contribution in [2.75, 3.05) is 0 Å². The predicted molar refractivity (Wildman–Crippen MR) is 148 cm³/mol. The van der Waals surface area contributed by atoms with Crippen LogP contribution in [-0.4, -0.2) is 18.3 Å². The van der Waals surface area contributed by atoms with E-state index in [1.54, 1.807) is 26.0 Å². The number of amides is 2. The summed E-state index contributed by atoms with van der Waals surface area (Å²) in [7, 11) is 0. The fourth-order valence-corrected chi connectivity index (χ4v) is 4.85. The molecule has 1 aliphatic rings. The van der Waals surface area contributed by atoms with E-state index in [-0.39, 0.29) is 28.7 Å². The van der Waals surface area contributed by atoms with E-state index in [0.717, 1.165) is 49.9 Å². The highest BCUT2D eigenvalue weighted by Gasteiger charge is 2.42. The van der Waals surface area contributed by atoms with E-state index in [2.05, 4.69) is 22.2 Å². The van der Waals surface area contributed by atoms with Crippen molar-refractivity contribution in [3.63, 3.8) is 0 Å². The Morgan fingerprint density at radius 2 is 1.77 bits per heavy atom. The first-order valence-corrected chi connectivity index (χ1v) is 13.2. The van der Waals surface area contributed by atoms with E-state index < -0.39 is 34.9 Å². The molecule has 2 amide bonds. The fourth-order valence-electron chi connectivity index (χ4n) is 4.62. The maximum atomic E-state index is 14.9. The molecule has 0 bridgehead atoms. The number of halogens is 6. The zero-order chi connectivity index (χ0) is 29.5. The number of rotatable bonds is 9. The van der Waals surface area contributed by atoms with Crippen molar-refractivity contribution in [1.29, 1.82) is 0 Å². The van der Waals surface area contributed by atoms with Gasteiger partial charge < -0.3 is 10.6 Å². The first kappa shape index (κ1) is 31.1. The Morgan fingerprint density at radius 3 is 2.38 bits per heavy atom. The van der Waals surface area contributed by atoms with Crippen molar-refractivity contribution in [2.24, 2.45) is 4.99 Å². The second-order valence-electron chi connectivity index (χ2n) is 9.81. The van der Waals surface area contributed by atoms with E-state index in [4.69, 9.17) is 11.6 Å². The summed E-state index contributed by atoms with van der Waals surface area (Å²) in [6, 6.07) is 4.82. The zero-order valence-electron chi connectivity index (χ0n) is 22.2. The molecule has 214 valence electrons. The predicted octanol–water partition coefficient (Wildman–Crippen LogP) is 8.42. The summed E-state index contributed by atoms with van der Waals surface area (Å²) in [5.74, 6) is -1.78. The summed E-state index contributed by atoms with van der Waals surface area (Å²) in [4.78, 5) is 17.9. The highest BCUT2D eigenvalue weighted by atomic mass is 35.5. The molecule has 0 unspecified atom stereocenters. The molecule has 0 aliphatic heterocycles. The smallest absolute Gasteiger partial charge is 0.335 e. The largest absolute Gasteiger partial charge is 0.416 e. The van der Waals surface area contributed by atoms with Gasteiger partial charge >= 0.3 is 12.2 Å². The van der Waals surface area contributed by atoms with Crippen LogP contribution >= 0.6 is 11.6 Å². The Labute approximate surface area is 235 Å². The van der Waals surface area contributed by atoms with Gasteiger partial charge in [-0.1, -0.05) is 49.2 Å². The minimum Gasteiger partial charge on any atom is -0.335 e. The highest BCUT2D eigenvalue weighted by molar-refractivity contribution is 6.31. The molecule has 0 aromatic heterocycles. The number of nitrogens with zero attached hydrogens (tertiary/aromatic N) is 1. The van der Waals surface area contributed by atoms with E-state index in [1.165, 1.54) is 18.4 Å². The molecule has 2 aromatic carbocycles. The molecule has 1 aliphatic carbocycles. The third-order valence-corrected chi connectivity index (χ3v) is 6.87. The topological polar surface area (TPSA) is 53.5 Å². The van der Waals surface area contributed by atoms with Crippen LogP contribution in [0.5, 0.6) is 0 Å². The lowest BCUT2D eigenvalue weighted by Gasteiger charge is -2.37. The first-order valence-electron chi connectivity index (χ1n) is 12.8. The van der Waals surface area contributed by atoms with Crippen LogP contribution in [-0.2, 0) is 18.1 Å². The first-order chi connectivity index (χ1) is 18.8. The van der Waals surface area contributed by atoms with Gasteiger partial charge in [0, 0.05) is 23.7 Å². The van der Waals surface area contributed by atoms with Crippen LogP contribution in [0.4, 0.5) is 26.7 Å². The Hall–Kier alpha value is -3.46. The Morgan fingerprint density at radius 1 is 1.10 bits per heavy atom. The van der Waals surface area contributed by atoms with Gasteiger partial charge in [-0.2, -0.15) is 13.2 Å². The molecule has 0 saturated heterocycles. The van der Waals surface area contributed by atoms with E-state index in [0.29, 0.717) is 17.2 Å². The second kappa shape index (κ2) is 13.3. The molecule has 10 heteroatoms. The molecule has 2 N–H and O–H groups in total. The quantitative estimate of drug-likeness (QED) is 0.175. The van der Waals surface area contributed by atoms with E-state index in [1.807, 2.05) is 0 Å². The summed E-state index contributed by atoms with van der Waals surface area (Å²) >= 11 is 6.36. The number of benzene rings is 2. The number of carbonyl (C=O) groups excluding carboxylic acids is 1. The average molecular weight is 580 g/mol. The molecular weight excluding hydrogens is 549 g/mol. The molecular formula is C30H31ClF5N3O. The summed E-state index contributed by atoms with van der Waals surface area (Å²) in [5, 5.41) is 5.67. The normalized spacial score (nSPS) is 16.4. The number of allylic oxidation sites excluding steroid dienone is 4. The van der Waals surface area contributed by atoms with Crippen molar-refractivity contribution in [3.05, 3.63) is 106 Å². The van der Waals surface area contributed by atoms with Gasteiger partial charge in [-0.15, -0.1) is 0 Å². The van der Waals surface area contributed by atoms with Gasteiger partial charge in [0.1, 0.15) is 17.2 Å². The lowest BCUT2D eigenvalue weighted by molar-refractivity contribution is -0.137. The SMILES string of the molecule is C=C(C)C=N/C(=C\C=C\C)[C@](Cc1ccc(F)cc1Cl)(NC(=O)NC1CCCC1)c1cc(F)cc(C(F)(F)F)c1. The van der Waals surface area contributed by atoms with Crippen molar-refractivity contribution >= 4 is 23.8 Å². The van der Waals surface area contributed by atoms with Gasteiger partial charge in [-0.3, -0.25) is 4.99 Å². The second-order valence-corrected chi connectivity index (χ2v) is 10.2. The van der Waals surface area contributed by atoms with Gasteiger partial charge in [0.05, 0.1) is 11.3 Å². The summed E-state index contributed by atoms with van der Waals surface area (Å²) in [6.07, 6.45) is 4.34. The summed E-state index contributed by atoms with van der Waals surface area (Å²) in [6.45, 7) is 7.18. The van der Waals surface area contributed by atoms with Gasteiger partial charge in [-0.25, -0.2) is 13.6 Å². The number of nitrogens with one attached hydrogen (secondary N) is 2. The van der Waals surface area contributed by atoms with Crippen LogP contribution in [0.1, 0.15) is 56.2 Å². The van der Waals surface area contributed by atoms with Gasteiger partial charge in [0.25, 0.3) is 0 Å². The lowest BCUT2D eigenvalue weighted by Crippen LogP contribution is -2.54. The van der Waals surface area contributed by atoms with Gasteiger partial charge in [-0.05, 0) is 79.8 Å². The van der Waals surface area contributed by atoms with Crippen LogP contribution in [0.3, 0.4) is 0 Å². The number of hydrogen-bond acceptors (Lipinski definition) is 2. The fraction of sp³-hybridized carbons (Fsp3) is 0.333. The van der Waals surface area contributed by atoms with Crippen LogP contribution in [0.2, 0.25) is 5.02 Å². The number of alkyl halides is 3. The van der Waals surface area contributed by atoms with Gasteiger partial charge in [0.2, 0.25) is 0 Å². The molecule has 4 nitrogen and oxygen atoms in total. The van der Waals surface area contributed by atoms with Gasteiger partial charge in [0.15, 0.2) is 0 Å². The minimum atomic E-state index is -4.88. The maximum absolute atomic E-state index is 14.9. The molecule has 40 heavy (non-hydrogen) atoms. The number of urea groups is 1.